The first-order valence-corrected chi connectivity index (χ1v) is 9.70. The molecule has 0 saturated heterocycles. The third kappa shape index (κ3) is 4.88. The second-order valence-electron chi connectivity index (χ2n) is 6.46. The lowest BCUT2D eigenvalue weighted by molar-refractivity contribution is 0.0505. The quantitative estimate of drug-likeness (QED) is 0.666. The second-order valence-corrected chi connectivity index (χ2v) is 8.45. The van der Waals surface area contributed by atoms with E-state index in [9.17, 15) is 9.59 Å². The van der Waals surface area contributed by atoms with E-state index in [2.05, 4.69) is 21.2 Å². The number of alkyl carbamates (subject to hydrolysis) is 1. The highest BCUT2D eigenvalue weighted by Crippen LogP contribution is 2.38. The fraction of sp³-hybridized carbons (Fsp3) is 0.444. The maximum atomic E-state index is 12.5. The van der Waals surface area contributed by atoms with E-state index in [0.717, 1.165) is 14.6 Å². The fourth-order valence-electron chi connectivity index (χ4n) is 2.32. The highest BCUT2D eigenvalue weighted by atomic mass is 79.9. The zero-order valence-electron chi connectivity index (χ0n) is 15.4. The molecule has 0 bridgehead atoms. The molecule has 26 heavy (non-hydrogen) atoms. The lowest BCUT2D eigenvalue weighted by atomic mass is 10.1. The number of amides is 1. The van der Waals surface area contributed by atoms with Crippen molar-refractivity contribution in [3.63, 3.8) is 0 Å². The van der Waals surface area contributed by atoms with Gasteiger partial charge in [0.25, 0.3) is 0 Å². The number of methoxy groups -OCH3 is 1. The highest BCUT2D eigenvalue weighted by Gasteiger charge is 2.23. The first-order valence-electron chi connectivity index (χ1n) is 8.09. The van der Waals surface area contributed by atoms with Crippen molar-refractivity contribution < 1.29 is 23.8 Å². The van der Waals surface area contributed by atoms with Crippen molar-refractivity contribution in [3.05, 3.63) is 27.0 Å². The van der Waals surface area contributed by atoms with Crippen molar-refractivity contribution in [1.29, 1.82) is 0 Å². The Morgan fingerprint density at radius 2 is 1.96 bits per heavy atom. The van der Waals surface area contributed by atoms with Crippen LogP contribution in [-0.2, 0) is 16.0 Å². The Morgan fingerprint density at radius 1 is 1.27 bits per heavy atom. The van der Waals surface area contributed by atoms with E-state index in [4.69, 9.17) is 14.2 Å². The van der Waals surface area contributed by atoms with Crippen LogP contribution >= 0.6 is 27.3 Å². The molecule has 142 valence electrons. The largest absolute Gasteiger partial charge is 0.496 e. The number of benzene rings is 1. The number of carbonyl (C=O) groups excluding carboxylic acids is 2. The zero-order valence-corrected chi connectivity index (χ0v) is 17.8. The van der Waals surface area contributed by atoms with Crippen LogP contribution in [0.25, 0.3) is 10.1 Å². The Labute approximate surface area is 164 Å². The molecule has 1 heterocycles. The molecule has 0 aliphatic rings. The molecule has 6 nitrogen and oxygen atoms in total. The molecule has 8 heteroatoms. The van der Waals surface area contributed by atoms with Crippen molar-refractivity contribution in [2.24, 2.45) is 0 Å². The Morgan fingerprint density at radius 3 is 2.54 bits per heavy atom. The molecule has 1 amide bonds. The minimum atomic E-state index is -0.591. The van der Waals surface area contributed by atoms with Crippen LogP contribution in [0.1, 0.15) is 42.9 Å². The van der Waals surface area contributed by atoms with Crippen molar-refractivity contribution in [2.45, 2.75) is 39.8 Å². The van der Waals surface area contributed by atoms with Crippen LogP contribution in [0, 0.1) is 0 Å². The van der Waals surface area contributed by atoms with Gasteiger partial charge in [-0.05, 0) is 55.8 Å². The number of thiophene rings is 1. The molecule has 2 rings (SSSR count). The van der Waals surface area contributed by atoms with E-state index in [1.54, 1.807) is 40.9 Å². The van der Waals surface area contributed by atoms with Gasteiger partial charge in [-0.15, -0.1) is 11.3 Å². The van der Waals surface area contributed by atoms with E-state index in [1.165, 1.54) is 11.3 Å². The molecule has 0 fully saturated rings. The normalized spacial score (nSPS) is 11.3. The summed E-state index contributed by atoms with van der Waals surface area (Å²) in [5.74, 6) is 0.191. The molecule has 0 aliphatic carbocycles. The summed E-state index contributed by atoms with van der Waals surface area (Å²) in [4.78, 5) is 25.1. The molecule has 0 radical (unpaired) electrons. The van der Waals surface area contributed by atoms with Crippen LogP contribution in [0.5, 0.6) is 5.75 Å². The number of nitrogens with one attached hydrogen (secondary N) is 1. The monoisotopic (exact) mass is 443 g/mol. The second kappa shape index (κ2) is 8.26. The van der Waals surface area contributed by atoms with Crippen molar-refractivity contribution >= 4 is 49.4 Å². The van der Waals surface area contributed by atoms with Crippen LogP contribution in [0.2, 0.25) is 0 Å². The van der Waals surface area contributed by atoms with Gasteiger partial charge in [0.05, 0.1) is 30.3 Å². The van der Waals surface area contributed by atoms with Crippen LogP contribution in [0.3, 0.4) is 0 Å². The van der Waals surface area contributed by atoms with Crippen molar-refractivity contribution in [2.75, 3.05) is 13.7 Å². The summed E-state index contributed by atoms with van der Waals surface area (Å²) in [7, 11) is 1.56. The number of hydrogen-bond donors (Lipinski definition) is 1. The van der Waals surface area contributed by atoms with E-state index < -0.39 is 17.7 Å². The Balaban J connectivity index is 2.39. The molecule has 1 aromatic carbocycles. The minimum absolute atomic E-state index is 0.169. The smallest absolute Gasteiger partial charge is 0.407 e. The third-order valence-corrected chi connectivity index (χ3v) is 5.08. The molecule has 0 unspecified atom stereocenters. The lowest BCUT2D eigenvalue weighted by Crippen LogP contribution is -2.32. The number of rotatable bonds is 5. The summed E-state index contributed by atoms with van der Waals surface area (Å²) in [5, 5.41) is 3.43. The average Bonchev–Trinajstić information content (AvgIpc) is 2.87. The first kappa shape index (κ1) is 20.5. The Bertz CT molecular complexity index is 825. The van der Waals surface area contributed by atoms with Gasteiger partial charge in [-0.1, -0.05) is 0 Å². The highest BCUT2D eigenvalue weighted by molar-refractivity contribution is 9.10. The van der Waals surface area contributed by atoms with E-state index in [1.807, 2.05) is 6.07 Å². The van der Waals surface area contributed by atoms with E-state index in [-0.39, 0.29) is 13.2 Å². The zero-order chi connectivity index (χ0) is 19.5. The predicted octanol–water partition coefficient (Wildman–Crippen LogP) is 4.87. The van der Waals surface area contributed by atoms with Crippen LogP contribution in [0.4, 0.5) is 4.79 Å². The predicted molar refractivity (Wildman–Crippen MR) is 105 cm³/mol. The number of fused-ring (bicyclic) bond motifs is 1. The van der Waals surface area contributed by atoms with Crippen molar-refractivity contribution in [3.8, 4) is 5.75 Å². The number of halogens is 1. The van der Waals surface area contributed by atoms with Gasteiger partial charge in [-0.3, -0.25) is 0 Å². The summed E-state index contributed by atoms with van der Waals surface area (Å²) >= 11 is 4.86. The van der Waals surface area contributed by atoms with E-state index in [0.29, 0.717) is 16.2 Å². The molecular formula is C18H22BrNO5S. The SMILES string of the molecule is CCOC(=O)c1c(CNC(=O)OC(C)(C)C)sc2cc(Br)c(OC)cc12. The van der Waals surface area contributed by atoms with Gasteiger partial charge in [0.1, 0.15) is 11.4 Å². The van der Waals surface area contributed by atoms with Gasteiger partial charge in [-0.25, -0.2) is 9.59 Å². The molecule has 0 atom stereocenters. The summed E-state index contributed by atoms with van der Waals surface area (Å²) in [6, 6.07) is 3.68. The summed E-state index contributed by atoms with van der Waals surface area (Å²) in [6.45, 7) is 7.56. The Hall–Kier alpha value is -1.80. The molecule has 1 N–H and O–H groups in total. The number of ether oxygens (including phenoxy) is 3. The molecular weight excluding hydrogens is 422 g/mol. The fourth-order valence-corrected chi connectivity index (χ4v) is 4.13. The van der Waals surface area contributed by atoms with Gasteiger partial charge in [0, 0.05) is 15.0 Å². The number of carbonyl (C=O) groups is 2. The summed E-state index contributed by atoms with van der Waals surface area (Å²) in [6.07, 6.45) is -0.538. The van der Waals surface area contributed by atoms with E-state index >= 15 is 0 Å². The number of esters is 1. The summed E-state index contributed by atoms with van der Waals surface area (Å²) < 4.78 is 17.4. The number of hydrogen-bond acceptors (Lipinski definition) is 6. The first-order chi connectivity index (χ1) is 12.2. The topological polar surface area (TPSA) is 73.9 Å². The maximum absolute atomic E-state index is 12.5. The molecule has 2 aromatic rings. The van der Waals surface area contributed by atoms with Gasteiger partial charge >= 0.3 is 12.1 Å². The molecule has 0 saturated carbocycles. The van der Waals surface area contributed by atoms with Gasteiger partial charge < -0.3 is 19.5 Å². The van der Waals surface area contributed by atoms with Gasteiger partial charge in [0.15, 0.2) is 0 Å². The lowest BCUT2D eigenvalue weighted by Gasteiger charge is -2.19. The standard InChI is InChI=1S/C18H22BrNO5S/c1-6-24-16(21)15-10-7-12(23-5)11(19)8-13(10)26-14(15)9-20-17(22)25-18(2,3)4/h7-8H,6,9H2,1-5H3,(H,20,22). The molecule has 0 spiro atoms. The summed E-state index contributed by atoms with van der Waals surface area (Å²) in [5.41, 5.74) is -0.152. The third-order valence-electron chi connectivity index (χ3n) is 3.31. The average molecular weight is 444 g/mol. The van der Waals surface area contributed by atoms with Crippen LogP contribution in [0.15, 0.2) is 16.6 Å². The Kier molecular flexibility index (Phi) is 6.52. The minimum Gasteiger partial charge on any atom is -0.496 e. The van der Waals surface area contributed by atoms with Crippen LogP contribution < -0.4 is 10.1 Å². The molecule has 0 aliphatic heterocycles. The van der Waals surface area contributed by atoms with Crippen LogP contribution in [-0.4, -0.2) is 31.4 Å². The van der Waals surface area contributed by atoms with Gasteiger partial charge in [-0.2, -0.15) is 0 Å². The van der Waals surface area contributed by atoms with Crippen molar-refractivity contribution in [1.82, 2.24) is 5.32 Å². The molecule has 1 aromatic heterocycles. The maximum Gasteiger partial charge on any atom is 0.407 e. The van der Waals surface area contributed by atoms with Gasteiger partial charge in [0.2, 0.25) is 0 Å².